The molecule has 0 fully saturated rings. The number of hydrogen-bond donors (Lipinski definition) is 1. The van der Waals surface area contributed by atoms with Gasteiger partial charge in [-0.3, -0.25) is 9.10 Å². The molecule has 1 N–H and O–H groups in total. The van der Waals surface area contributed by atoms with E-state index in [9.17, 15) is 17.6 Å². The van der Waals surface area contributed by atoms with Gasteiger partial charge >= 0.3 is 0 Å². The van der Waals surface area contributed by atoms with Crippen LogP contribution in [0.3, 0.4) is 0 Å². The molecule has 0 aromatic heterocycles. The van der Waals surface area contributed by atoms with E-state index in [2.05, 4.69) is 26.5 Å². The molecule has 0 spiro atoms. The molecule has 0 aliphatic carbocycles. The summed E-state index contributed by atoms with van der Waals surface area (Å²) in [7, 11) is -2.79. The summed E-state index contributed by atoms with van der Waals surface area (Å²) in [5.41, 5.74) is 3.99. The van der Waals surface area contributed by atoms with Gasteiger partial charge in [-0.2, -0.15) is 5.10 Å². The second kappa shape index (κ2) is 13.8. The van der Waals surface area contributed by atoms with Gasteiger partial charge in [-0.05, 0) is 75.6 Å². The van der Waals surface area contributed by atoms with E-state index in [1.807, 2.05) is 30.3 Å². The maximum absolute atomic E-state index is 13.7. The number of fused-ring (bicyclic) bond motifs is 1. The Bertz CT molecular complexity index is 1770. The van der Waals surface area contributed by atoms with Gasteiger partial charge in [0, 0.05) is 6.07 Å². The van der Waals surface area contributed by atoms with Crippen LogP contribution in [0, 0.1) is 5.82 Å². The number of nitrogens with zero attached hydrogens (tertiary/aromatic N) is 2. The minimum atomic E-state index is -4.29. The summed E-state index contributed by atoms with van der Waals surface area (Å²) >= 11 is 3.49. The van der Waals surface area contributed by atoms with Crippen LogP contribution in [0.25, 0.3) is 0 Å². The van der Waals surface area contributed by atoms with Crippen LogP contribution in [-0.4, -0.2) is 47.4 Å². The average Bonchev–Trinajstić information content (AvgIpc) is 3.03. The standard InChI is InChI=1S/C31H27BrFN3O7S/c1-40-29-16-22(15-26(32)31(29)43-20-21-5-3-2-4-6-21)18-34-35-30(37)19-36(24-9-7-23(33)8-10-24)44(38,39)25-11-12-27-28(17-25)42-14-13-41-27/h2-12,15-18H,13-14,19-20H2,1H3,(H,35,37)/b34-18-. The third-order valence-corrected chi connectivity index (χ3v) is 8.74. The Morgan fingerprint density at radius 1 is 1.02 bits per heavy atom. The van der Waals surface area contributed by atoms with E-state index in [4.69, 9.17) is 18.9 Å². The van der Waals surface area contributed by atoms with Crippen LogP contribution in [-0.2, 0) is 21.4 Å². The van der Waals surface area contributed by atoms with Crippen molar-refractivity contribution in [2.75, 3.05) is 31.2 Å². The summed E-state index contributed by atoms with van der Waals surface area (Å²) in [6.45, 7) is 0.305. The Labute approximate surface area is 262 Å². The van der Waals surface area contributed by atoms with Crippen LogP contribution >= 0.6 is 15.9 Å². The van der Waals surface area contributed by atoms with Crippen LogP contribution in [0.1, 0.15) is 11.1 Å². The van der Waals surface area contributed by atoms with Gasteiger partial charge in [-0.15, -0.1) is 0 Å². The molecular weight excluding hydrogens is 657 g/mol. The van der Waals surface area contributed by atoms with Gasteiger partial charge < -0.3 is 18.9 Å². The maximum Gasteiger partial charge on any atom is 0.264 e. The van der Waals surface area contributed by atoms with Gasteiger partial charge in [0.15, 0.2) is 23.0 Å². The normalized spacial score (nSPS) is 12.5. The Morgan fingerprint density at radius 3 is 2.48 bits per heavy atom. The van der Waals surface area contributed by atoms with Crippen LogP contribution < -0.4 is 28.7 Å². The Balaban J connectivity index is 1.31. The highest BCUT2D eigenvalue weighted by Crippen LogP contribution is 2.37. The number of methoxy groups -OCH3 is 1. The first-order valence-corrected chi connectivity index (χ1v) is 15.5. The number of halogens is 2. The fraction of sp³-hybridized carbons (Fsp3) is 0.161. The number of amides is 1. The van der Waals surface area contributed by atoms with Crippen LogP contribution in [0.15, 0.2) is 99.4 Å². The number of hydrogen-bond acceptors (Lipinski definition) is 8. The molecule has 44 heavy (non-hydrogen) atoms. The van der Waals surface area contributed by atoms with Gasteiger partial charge in [-0.25, -0.2) is 18.2 Å². The molecule has 4 aromatic carbocycles. The number of anilines is 1. The number of hydrazone groups is 1. The quantitative estimate of drug-likeness (QED) is 0.169. The predicted octanol–water partition coefficient (Wildman–Crippen LogP) is 5.29. The third kappa shape index (κ3) is 7.29. The van der Waals surface area contributed by atoms with E-state index in [-0.39, 0.29) is 22.9 Å². The van der Waals surface area contributed by atoms with Crippen molar-refractivity contribution < 1.29 is 36.6 Å². The van der Waals surface area contributed by atoms with E-state index in [1.54, 1.807) is 12.1 Å². The second-order valence-corrected chi connectivity index (χ2v) is 12.1. The molecule has 5 rings (SSSR count). The van der Waals surface area contributed by atoms with E-state index < -0.39 is 28.3 Å². The molecule has 13 heteroatoms. The average molecular weight is 685 g/mol. The lowest BCUT2D eigenvalue weighted by Crippen LogP contribution is -2.39. The first-order chi connectivity index (χ1) is 21.2. The number of benzene rings is 4. The minimum Gasteiger partial charge on any atom is -0.493 e. The van der Waals surface area contributed by atoms with Gasteiger partial charge in [0.2, 0.25) is 0 Å². The Kier molecular flexibility index (Phi) is 9.65. The molecule has 0 radical (unpaired) electrons. The van der Waals surface area contributed by atoms with Crippen molar-refractivity contribution in [1.82, 2.24) is 5.43 Å². The largest absolute Gasteiger partial charge is 0.493 e. The number of sulfonamides is 1. The third-order valence-electron chi connectivity index (χ3n) is 6.38. The highest BCUT2D eigenvalue weighted by atomic mass is 79.9. The van der Waals surface area contributed by atoms with Crippen molar-refractivity contribution in [1.29, 1.82) is 0 Å². The van der Waals surface area contributed by atoms with Gasteiger partial charge in [0.05, 0.1) is 28.4 Å². The van der Waals surface area contributed by atoms with Gasteiger partial charge in [0.25, 0.3) is 15.9 Å². The van der Waals surface area contributed by atoms with Crippen molar-refractivity contribution in [3.05, 3.63) is 106 Å². The van der Waals surface area contributed by atoms with Crippen molar-refractivity contribution in [3.63, 3.8) is 0 Å². The molecule has 10 nitrogen and oxygen atoms in total. The first-order valence-electron chi connectivity index (χ1n) is 13.3. The highest BCUT2D eigenvalue weighted by Gasteiger charge is 2.29. The van der Waals surface area contributed by atoms with Gasteiger partial charge in [-0.1, -0.05) is 30.3 Å². The van der Waals surface area contributed by atoms with Gasteiger partial charge in [0.1, 0.15) is 32.2 Å². The lowest BCUT2D eigenvalue weighted by Gasteiger charge is -2.25. The molecule has 1 aliphatic rings. The minimum absolute atomic E-state index is 0.0835. The fourth-order valence-electron chi connectivity index (χ4n) is 4.26. The fourth-order valence-corrected chi connectivity index (χ4v) is 6.27. The molecule has 4 aromatic rings. The van der Waals surface area contributed by atoms with E-state index in [0.717, 1.165) is 22.0 Å². The first kappa shape index (κ1) is 30.8. The molecule has 0 atom stereocenters. The van der Waals surface area contributed by atoms with Crippen molar-refractivity contribution in [2.45, 2.75) is 11.5 Å². The highest BCUT2D eigenvalue weighted by molar-refractivity contribution is 9.10. The molecule has 0 bridgehead atoms. The topological polar surface area (TPSA) is 116 Å². The SMILES string of the molecule is COc1cc(/C=N\NC(=O)CN(c2ccc(F)cc2)S(=O)(=O)c2ccc3c(c2)OCCO3)cc(Br)c1OCc1ccccc1. The molecule has 0 saturated carbocycles. The summed E-state index contributed by atoms with van der Waals surface area (Å²) in [6.07, 6.45) is 1.38. The molecule has 228 valence electrons. The van der Waals surface area contributed by atoms with Crippen LogP contribution in [0.2, 0.25) is 0 Å². The monoisotopic (exact) mass is 683 g/mol. The van der Waals surface area contributed by atoms with E-state index in [0.29, 0.717) is 40.5 Å². The summed E-state index contributed by atoms with van der Waals surface area (Å²) in [4.78, 5) is 12.8. The maximum atomic E-state index is 13.7. The number of carbonyl (C=O) groups excluding carboxylic acids is 1. The van der Waals surface area contributed by atoms with Crippen molar-refractivity contribution >= 4 is 43.8 Å². The summed E-state index contributed by atoms with van der Waals surface area (Å²) < 4.78 is 65.0. The van der Waals surface area contributed by atoms with Crippen molar-refractivity contribution in [2.24, 2.45) is 5.10 Å². The molecule has 1 heterocycles. The smallest absolute Gasteiger partial charge is 0.264 e. The van der Waals surface area contributed by atoms with E-state index >= 15 is 0 Å². The molecule has 1 aliphatic heterocycles. The number of nitrogens with one attached hydrogen (secondary N) is 1. The van der Waals surface area contributed by atoms with Crippen LogP contribution in [0.5, 0.6) is 23.0 Å². The second-order valence-electron chi connectivity index (χ2n) is 9.40. The Hall–Kier alpha value is -4.62. The lowest BCUT2D eigenvalue weighted by atomic mass is 10.2. The molecular formula is C31H27BrFN3O7S. The number of rotatable bonds is 11. The van der Waals surface area contributed by atoms with Crippen molar-refractivity contribution in [3.8, 4) is 23.0 Å². The molecule has 1 amide bonds. The zero-order chi connectivity index (χ0) is 31.1. The summed E-state index contributed by atoms with van der Waals surface area (Å²) in [5, 5.41) is 3.99. The predicted molar refractivity (Wildman–Crippen MR) is 166 cm³/mol. The molecule has 0 unspecified atom stereocenters. The van der Waals surface area contributed by atoms with E-state index in [1.165, 1.54) is 43.7 Å². The zero-order valence-corrected chi connectivity index (χ0v) is 25.8. The van der Waals surface area contributed by atoms with Crippen LogP contribution in [0.4, 0.5) is 10.1 Å². The lowest BCUT2D eigenvalue weighted by molar-refractivity contribution is -0.119. The number of ether oxygens (including phenoxy) is 4. The zero-order valence-electron chi connectivity index (χ0n) is 23.4. The number of carbonyl (C=O) groups is 1. The summed E-state index contributed by atoms with van der Waals surface area (Å²) in [5.74, 6) is 0.323. The summed E-state index contributed by atoms with van der Waals surface area (Å²) in [6, 6.07) is 22.0. The Morgan fingerprint density at radius 2 is 1.75 bits per heavy atom. The molecule has 0 saturated heterocycles.